The largest absolute Gasteiger partial charge is 0.483 e. The zero-order valence-electron chi connectivity index (χ0n) is 14.9. The van der Waals surface area contributed by atoms with E-state index in [-0.39, 0.29) is 18.1 Å². The first-order valence-corrected chi connectivity index (χ1v) is 8.79. The summed E-state index contributed by atoms with van der Waals surface area (Å²) in [6, 6.07) is 12.3. The lowest BCUT2D eigenvalue weighted by atomic mass is 10.1. The fourth-order valence-electron chi connectivity index (χ4n) is 2.71. The first-order chi connectivity index (χ1) is 13.0. The van der Waals surface area contributed by atoms with Gasteiger partial charge in [-0.3, -0.25) is 9.59 Å². The zero-order chi connectivity index (χ0) is 19.4. The van der Waals surface area contributed by atoms with Gasteiger partial charge in [0.15, 0.2) is 6.61 Å². The van der Waals surface area contributed by atoms with Crippen molar-refractivity contribution in [2.24, 2.45) is 0 Å². The summed E-state index contributed by atoms with van der Waals surface area (Å²) in [5.41, 5.74) is 1.41. The lowest BCUT2D eigenvalue weighted by Gasteiger charge is -2.11. The van der Waals surface area contributed by atoms with E-state index in [0.717, 1.165) is 5.56 Å². The van der Waals surface area contributed by atoms with Crippen LogP contribution in [-0.4, -0.2) is 17.1 Å². The van der Waals surface area contributed by atoms with Crippen molar-refractivity contribution < 1.29 is 9.53 Å². The number of allylic oxidation sites excluding steroid dienone is 1. The van der Waals surface area contributed by atoms with Crippen LogP contribution in [0.15, 0.2) is 66.1 Å². The van der Waals surface area contributed by atoms with Gasteiger partial charge < -0.3 is 14.6 Å². The molecule has 1 N–H and O–H groups in total. The summed E-state index contributed by atoms with van der Waals surface area (Å²) < 4.78 is 7.21. The Morgan fingerprint density at radius 3 is 2.81 bits per heavy atom. The van der Waals surface area contributed by atoms with Gasteiger partial charge in [0.1, 0.15) is 5.75 Å². The molecule has 0 aliphatic carbocycles. The molecule has 0 fully saturated rings. The van der Waals surface area contributed by atoms with E-state index in [1.807, 2.05) is 13.0 Å². The molecule has 0 bridgehead atoms. The minimum Gasteiger partial charge on any atom is -0.483 e. The summed E-state index contributed by atoms with van der Waals surface area (Å²) in [5, 5.41) is 4.51. The first kappa shape index (κ1) is 18.7. The molecule has 0 atom stereocenters. The Bertz CT molecular complexity index is 1070. The molecule has 3 rings (SSSR count). The highest BCUT2D eigenvalue weighted by atomic mass is 35.5. The molecular weight excluding hydrogens is 364 g/mol. The minimum atomic E-state index is -0.313. The Hall–Kier alpha value is -3.05. The SMILES string of the molecule is C=CCn1ccc2c(OCC(=O)Nc3ccc(C)c(Cl)c3)cccc2c1=O. The minimum absolute atomic E-state index is 0.128. The highest BCUT2D eigenvalue weighted by molar-refractivity contribution is 6.31. The van der Waals surface area contributed by atoms with Crippen molar-refractivity contribution in [1.29, 1.82) is 0 Å². The number of halogens is 1. The van der Waals surface area contributed by atoms with E-state index in [1.165, 1.54) is 0 Å². The van der Waals surface area contributed by atoms with Gasteiger partial charge in [0.25, 0.3) is 11.5 Å². The van der Waals surface area contributed by atoms with Crippen molar-refractivity contribution in [3.63, 3.8) is 0 Å². The molecule has 0 saturated carbocycles. The number of rotatable bonds is 6. The number of benzene rings is 2. The van der Waals surface area contributed by atoms with Crippen LogP contribution in [0.1, 0.15) is 5.56 Å². The average molecular weight is 383 g/mol. The molecule has 1 aromatic heterocycles. The number of ether oxygens (including phenoxy) is 1. The van der Waals surface area contributed by atoms with Crippen molar-refractivity contribution in [3.05, 3.63) is 82.3 Å². The second-order valence-corrected chi connectivity index (χ2v) is 6.49. The number of anilines is 1. The predicted molar refractivity (Wildman–Crippen MR) is 109 cm³/mol. The van der Waals surface area contributed by atoms with Gasteiger partial charge in [-0.2, -0.15) is 0 Å². The molecule has 1 heterocycles. The van der Waals surface area contributed by atoms with Crippen LogP contribution in [0.5, 0.6) is 5.75 Å². The molecule has 0 unspecified atom stereocenters. The van der Waals surface area contributed by atoms with Crippen molar-refractivity contribution in [2.45, 2.75) is 13.5 Å². The molecule has 0 aliphatic rings. The summed E-state index contributed by atoms with van der Waals surface area (Å²) in [6.45, 7) is 5.79. The standard InChI is InChI=1S/C21H19ClN2O3/c1-3-10-24-11-9-16-17(21(24)26)5-4-6-19(16)27-13-20(25)23-15-8-7-14(2)18(22)12-15/h3-9,11-12H,1,10,13H2,2H3,(H,23,25). The van der Waals surface area contributed by atoms with Crippen LogP contribution >= 0.6 is 11.6 Å². The second-order valence-electron chi connectivity index (χ2n) is 6.08. The molecule has 2 aromatic carbocycles. The van der Waals surface area contributed by atoms with Crippen LogP contribution < -0.4 is 15.6 Å². The Balaban J connectivity index is 1.75. The lowest BCUT2D eigenvalue weighted by molar-refractivity contribution is -0.118. The Morgan fingerprint density at radius 2 is 2.07 bits per heavy atom. The van der Waals surface area contributed by atoms with Gasteiger partial charge in [-0.05, 0) is 42.8 Å². The molecule has 0 saturated heterocycles. The van der Waals surface area contributed by atoms with Crippen LogP contribution in [0.4, 0.5) is 5.69 Å². The fraction of sp³-hybridized carbons (Fsp3) is 0.143. The number of aromatic nitrogens is 1. The summed E-state index contributed by atoms with van der Waals surface area (Å²) in [7, 11) is 0. The monoisotopic (exact) mass is 382 g/mol. The van der Waals surface area contributed by atoms with E-state index in [4.69, 9.17) is 16.3 Å². The van der Waals surface area contributed by atoms with E-state index in [1.54, 1.807) is 53.2 Å². The highest BCUT2D eigenvalue weighted by Crippen LogP contribution is 2.23. The average Bonchev–Trinajstić information content (AvgIpc) is 2.65. The van der Waals surface area contributed by atoms with Crippen LogP contribution in [0, 0.1) is 6.92 Å². The van der Waals surface area contributed by atoms with Crippen LogP contribution in [0.2, 0.25) is 5.02 Å². The molecular formula is C21H19ClN2O3. The number of hydrogen-bond acceptors (Lipinski definition) is 3. The second kappa shape index (κ2) is 8.10. The molecule has 0 spiro atoms. The van der Waals surface area contributed by atoms with Crippen molar-refractivity contribution >= 4 is 34.0 Å². The van der Waals surface area contributed by atoms with Gasteiger partial charge in [0, 0.05) is 28.8 Å². The zero-order valence-corrected chi connectivity index (χ0v) is 15.6. The number of aryl methyl sites for hydroxylation is 1. The first-order valence-electron chi connectivity index (χ1n) is 8.41. The Kier molecular flexibility index (Phi) is 5.62. The third kappa shape index (κ3) is 4.20. The molecule has 3 aromatic rings. The van der Waals surface area contributed by atoms with Crippen LogP contribution in [0.25, 0.3) is 10.8 Å². The predicted octanol–water partition coefficient (Wildman–Crippen LogP) is 4.17. The van der Waals surface area contributed by atoms with E-state index in [0.29, 0.717) is 33.8 Å². The highest BCUT2D eigenvalue weighted by Gasteiger charge is 2.10. The van der Waals surface area contributed by atoms with Crippen LogP contribution in [0.3, 0.4) is 0 Å². The maximum atomic E-state index is 12.5. The number of pyridine rings is 1. The quantitative estimate of drug-likeness (QED) is 0.651. The van der Waals surface area contributed by atoms with Gasteiger partial charge in [-0.1, -0.05) is 29.8 Å². The van der Waals surface area contributed by atoms with Crippen molar-refractivity contribution in [2.75, 3.05) is 11.9 Å². The number of carbonyl (C=O) groups is 1. The topological polar surface area (TPSA) is 60.3 Å². The number of hydrogen-bond donors (Lipinski definition) is 1. The smallest absolute Gasteiger partial charge is 0.262 e. The molecule has 6 heteroatoms. The van der Waals surface area contributed by atoms with Crippen molar-refractivity contribution in [3.8, 4) is 5.75 Å². The van der Waals surface area contributed by atoms with Crippen molar-refractivity contribution in [1.82, 2.24) is 4.57 Å². The number of nitrogens with zero attached hydrogens (tertiary/aromatic N) is 1. The van der Waals surface area contributed by atoms with Gasteiger partial charge in [0.05, 0.1) is 5.39 Å². The molecule has 1 amide bonds. The Morgan fingerprint density at radius 1 is 1.26 bits per heavy atom. The van der Waals surface area contributed by atoms with E-state index >= 15 is 0 Å². The number of carbonyl (C=O) groups excluding carboxylic acids is 1. The normalized spacial score (nSPS) is 10.6. The molecule has 27 heavy (non-hydrogen) atoms. The van der Waals surface area contributed by atoms with Crippen LogP contribution in [-0.2, 0) is 11.3 Å². The Labute approximate surface area is 161 Å². The summed E-state index contributed by atoms with van der Waals surface area (Å²) in [5.74, 6) is 0.166. The summed E-state index contributed by atoms with van der Waals surface area (Å²) in [4.78, 5) is 24.6. The van der Waals surface area contributed by atoms with E-state index in [9.17, 15) is 9.59 Å². The number of amides is 1. The third-order valence-corrected chi connectivity index (χ3v) is 4.53. The number of fused-ring (bicyclic) bond motifs is 1. The maximum Gasteiger partial charge on any atom is 0.262 e. The van der Waals surface area contributed by atoms with Gasteiger partial charge in [-0.15, -0.1) is 6.58 Å². The third-order valence-electron chi connectivity index (χ3n) is 4.12. The molecule has 0 radical (unpaired) electrons. The van der Waals surface area contributed by atoms with Gasteiger partial charge in [-0.25, -0.2) is 0 Å². The van der Waals surface area contributed by atoms with E-state index in [2.05, 4.69) is 11.9 Å². The summed E-state index contributed by atoms with van der Waals surface area (Å²) in [6.07, 6.45) is 3.35. The van der Waals surface area contributed by atoms with Gasteiger partial charge >= 0.3 is 0 Å². The summed E-state index contributed by atoms with van der Waals surface area (Å²) >= 11 is 6.07. The molecule has 5 nitrogen and oxygen atoms in total. The molecule has 138 valence electrons. The van der Waals surface area contributed by atoms with Gasteiger partial charge in [0.2, 0.25) is 0 Å². The molecule has 0 aliphatic heterocycles. The number of nitrogens with one attached hydrogen (secondary N) is 1. The lowest BCUT2D eigenvalue weighted by Crippen LogP contribution is -2.21. The fourth-order valence-corrected chi connectivity index (χ4v) is 2.89. The maximum absolute atomic E-state index is 12.5. The van der Waals surface area contributed by atoms with E-state index < -0.39 is 0 Å².